The van der Waals surface area contributed by atoms with Crippen LogP contribution in [-0.2, 0) is 16.0 Å². The van der Waals surface area contributed by atoms with Crippen molar-refractivity contribution in [2.45, 2.75) is 51.9 Å². The lowest BCUT2D eigenvalue weighted by molar-refractivity contribution is -0.144. The van der Waals surface area contributed by atoms with Crippen LogP contribution in [0.25, 0.3) is 11.1 Å². The molecule has 1 aromatic carbocycles. The number of nitrogens with zero attached hydrogens (tertiary/aromatic N) is 2. The maximum Gasteiger partial charge on any atom is 0.228 e. The fourth-order valence-electron chi connectivity index (χ4n) is 5.30. The van der Waals surface area contributed by atoms with Crippen molar-refractivity contribution < 1.29 is 9.59 Å². The molecule has 2 heterocycles. The van der Waals surface area contributed by atoms with Crippen LogP contribution in [0, 0.1) is 11.3 Å². The van der Waals surface area contributed by atoms with Crippen molar-refractivity contribution in [1.82, 2.24) is 15.2 Å². The van der Waals surface area contributed by atoms with Gasteiger partial charge >= 0.3 is 0 Å². The van der Waals surface area contributed by atoms with E-state index in [0.717, 1.165) is 61.8 Å². The predicted molar refractivity (Wildman–Crippen MR) is 122 cm³/mol. The molecule has 1 N–H and O–H groups in total. The smallest absolute Gasteiger partial charge is 0.228 e. The van der Waals surface area contributed by atoms with Gasteiger partial charge in [0.05, 0.1) is 5.41 Å². The average molecular weight is 420 g/mol. The molecule has 0 unspecified atom stereocenters. The van der Waals surface area contributed by atoms with Gasteiger partial charge in [-0.15, -0.1) is 0 Å². The lowest BCUT2D eigenvalue weighted by Crippen LogP contribution is -2.55. The average Bonchev–Trinajstić information content (AvgIpc) is 3.35. The van der Waals surface area contributed by atoms with E-state index in [4.69, 9.17) is 0 Å². The van der Waals surface area contributed by atoms with Crippen LogP contribution in [0.5, 0.6) is 0 Å². The minimum absolute atomic E-state index is 0.0771. The third kappa shape index (κ3) is 4.81. The second-order valence-corrected chi connectivity index (χ2v) is 9.10. The number of aromatic nitrogens is 1. The third-order valence-corrected chi connectivity index (χ3v) is 6.90. The van der Waals surface area contributed by atoms with Crippen molar-refractivity contribution in [3.05, 3.63) is 54.4 Å². The Morgan fingerprint density at radius 3 is 2.61 bits per heavy atom. The summed E-state index contributed by atoms with van der Waals surface area (Å²) in [6.07, 6.45) is 10.2. The molecule has 1 saturated heterocycles. The minimum atomic E-state index is -0.570. The number of hydrogen-bond acceptors (Lipinski definition) is 3. The van der Waals surface area contributed by atoms with Gasteiger partial charge in [0.2, 0.25) is 11.8 Å². The normalized spacial score (nSPS) is 21.8. The Balaban J connectivity index is 1.59. The predicted octanol–water partition coefficient (Wildman–Crippen LogP) is 4.23. The summed E-state index contributed by atoms with van der Waals surface area (Å²) in [5.41, 5.74) is 2.81. The van der Waals surface area contributed by atoms with E-state index in [1.165, 1.54) is 0 Å². The zero-order chi connectivity index (χ0) is 21.7. The van der Waals surface area contributed by atoms with Crippen molar-refractivity contribution in [3.63, 3.8) is 0 Å². The molecule has 1 aliphatic carbocycles. The molecule has 4 rings (SSSR count). The summed E-state index contributed by atoms with van der Waals surface area (Å²) in [7, 11) is 0. The number of carbonyl (C=O) groups excluding carboxylic acids is 2. The number of piperidine rings is 1. The van der Waals surface area contributed by atoms with Gasteiger partial charge in [0.15, 0.2) is 0 Å². The number of amides is 2. The van der Waals surface area contributed by atoms with E-state index in [1.54, 1.807) is 12.4 Å². The summed E-state index contributed by atoms with van der Waals surface area (Å²) < 4.78 is 0. The van der Waals surface area contributed by atoms with Gasteiger partial charge in [0.1, 0.15) is 0 Å². The highest BCUT2D eigenvalue weighted by Crippen LogP contribution is 2.37. The molecule has 1 saturated carbocycles. The fraction of sp³-hybridized carbons (Fsp3) is 0.500. The second kappa shape index (κ2) is 9.63. The van der Waals surface area contributed by atoms with Gasteiger partial charge in [-0.25, -0.2) is 0 Å². The molecule has 164 valence electrons. The molecular formula is C26H33N3O2. The van der Waals surface area contributed by atoms with E-state index in [1.807, 2.05) is 24.0 Å². The van der Waals surface area contributed by atoms with Crippen LogP contribution >= 0.6 is 0 Å². The molecule has 0 spiro atoms. The molecule has 1 aliphatic heterocycles. The van der Waals surface area contributed by atoms with Crippen LogP contribution in [0.3, 0.4) is 0 Å². The molecule has 0 radical (unpaired) electrons. The Bertz CT molecular complexity index is 908. The van der Waals surface area contributed by atoms with Crippen molar-refractivity contribution in [1.29, 1.82) is 0 Å². The van der Waals surface area contributed by atoms with E-state index >= 15 is 0 Å². The van der Waals surface area contributed by atoms with Crippen LogP contribution in [0.1, 0.15) is 51.0 Å². The third-order valence-electron chi connectivity index (χ3n) is 6.90. The lowest BCUT2D eigenvalue weighted by atomic mass is 9.73. The van der Waals surface area contributed by atoms with Crippen LogP contribution in [0.2, 0.25) is 0 Å². The van der Waals surface area contributed by atoms with E-state index in [0.29, 0.717) is 19.5 Å². The minimum Gasteiger partial charge on any atom is -0.356 e. The maximum atomic E-state index is 13.3. The topological polar surface area (TPSA) is 62.3 Å². The molecular weight excluding hydrogens is 386 g/mol. The number of likely N-dealkylation sites (tertiary alicyclic amines) is 1. The quantitative estimate of drug-likeness (QED) is 0.762. The molecule has 5 nitrogen and oxygen atoms in total. The Labute approximate surface area is 185 Å². The number of hydrogen-bond donors (Lipinski definition) is 1. The molecule has 2 amide bonds. The summed E-state index contributed by atoms with van der Waals surface area (Å²) in [5, 5.41) is 3.07. The first-order valence-corrected chi connectivity index (χ1v) is 11.7. The number of rotatable bonds is 6. The first-order chi connectivity index (χ1) is 15.1. The summed E-state index contributed by atoms with van der Waals surface area (Å²) in [6, 6.07) is 12.4. The highest BCUT2D eigenvalue weighted by molar-refractivity contribution is 5.85. The van der Waals surface area contributed by atoms with Crippen molar-refractivity contribution in [3.8, 4) is 11.1 Å². The summed E-state index contributed by atoms with van der Waals surface area (Å²) in [6.45, 7) is 3.86. The summed E-state index contributed by atoms with van der Waals surface area (Å²) >= 11 is 0. The van der Waals surface area contributed by atoms with Gasteiger partial charge in [-0.1, -0.05) is 37.1 Å². The summed E-state index contributed by atoms with van der Waals surface area (Å²) in [4.78, 5) is 32.6. The molecule has 1 atom stereocenters. The SMILES string of the molecule is CCNC(=O)[C@@]1(Cc2cccc(-c3ccncc3)c2)CCCN(C(=O)C2CCCC2)C1. The van der Waals surface area contributed by atoms with Gasteiger partial charge in [-0.05, 0) is 67.9 Å². The van der Waals surface area contributed by atoms with Crippen molar-refractivity contribution in [2.75, 3.05) is 19.6 Å². The summed E-state index contributed by atoms with van der Waals surface area (Å²) in [5.74, 6) is 0.490. The van der Waals surface area contributed by atoms with Gasteiger partial charge in [0.25, 0.3) is 0 Å². The number of pyridine rings is 1. The van der Waals surface area contributed by atoms with E-state index in [2.05, 4.69) is 34.6 Å². The van der Waals surface area contributed by atoms with Crippen LogP contribution in [0.15, 0.2) is 48.8 Å². The Morgan fingerprint density at radius 1 is 1.10 bits per heavy atom. The van der Waals surface area contributed by atoms with Gasteiger partial charge in [-0.3, -0.25) is 14.6 Å². The van der Waals surface area contributed by atoms with E-state index in [9.17, 15) is 9.59 Å². The van der Waals surface area contributed by atoms with Gasteiger partial charge in [-0.2, -0.15) is 0 Å². The standard InChI is InChI=1S/C26H33N3O2/c1-2-28-25(31)26(13-6-16-29(19-26)24(30)22-8-3-4-9-22)18-20-7-5-10-23(17-20)21-11-14-27-15-12-21/h5,7,10-12,14-15,17,22H,2-4,6,8-9,13,16,18-19H2,1H3,(H,28,31)/t26-/m1/s1. The number of carbonyl (C=O) groups is 2. The zero-order valence-electron chi connectivity index (χ0n) is 18.5. The van der Waals surface area contributed by atoms with E-state index < -0.39 is 5.41 Å². The number of benzene rings is 1. The first-order valence-electron chi connectivity index (χ1n) is 11.7. The van der Waals surface area contributed by atoms with Crippen molar-refractivity contribution >= 4 is 11.8 Å². The van der Waals surface area contributed by atoms with Crippen LogP contribution in [0.4, 0.5) is 0 Å². The first kappa shape index (κ1) is 21.5. The maximum absolute atomic E-state index is 13.3. The van der Waals surface area contributed by atoms with Gasteiger partial charge < -0.3 is 10.2 Å². The lowest BCUT2D eigenvalue weighted by Gasteiger charge is -2.42. The zero-order valence-corrected chi connectivity index (χ0v) is 18.5. The Morgan fingerprint density at radius 2 is 1.87 bits per heavy atom. The molecule has 5 heteroatoms. The number of nitrogens with one attached hydrogen (secondary N) is 1. The van der Waals surface area contributed by atoms with Crippen LogP contribution in [-0.4, -0.2) is 41.3 Å². The monoisotopic (exact) mass is 419 g/mol. The molecule has 31 heavy (non-hydrogen) atoms. The highest BCUT2D eigenvalue weighted by atomic mass is 16.2. The largest absolute Gasteiger partial charge is 0.356 e. The van der Waals surface area contributed by atoms with E-state index in [-0.39, 0.29) is 17.7 Å². The molecule has 2 aliphatic rings. The molecule has 0 bridgehead atoms. The Kier molecular flexibility index (Phi) is 6.69. The second-order valence-electron chi connectivity index (χ2n) is 9.10. The molecule has 1 aromatic heterocycles. The highest BCUT2D eigenvalue weighted by Gasteiger charge is 2.44. The van der Waals surface area contributed by atoms with Crippen LogP contribution < -0.4 is 5.32 Å². The Hall–Kier alpha value is -2.69. The molecule has 2 fully saturated rings. The van der Waals surface area contributed by atoms with Crippen molar-refractivity contribution in [2.24, 2.45) is 11.3 Å². The van der Waals surface area contributed by atoms with Gasteiger partial charge in [0, 0.05) is 37.9 Å². The fourth-order valence-corrected chi connectivity index (χ4v) is 5.30. The molecule has 2 aromatic rings.